The fourth-order valence-corrected chi connectivity index (χ4v) is 2.43. The van der Waals surface area contributed by atoms with Crippen LogP contribution in [0.25, 0.3) is 0 Å². The van der Waals surface area contributed by atoms with Crippen LogP contribution in [0.1, 0.15) is 5.56 Å². The normalized spacial score (nSPS) is 12.9. The number of nitrogens with zero attached hydrogens (tertiary/aromatic N) is 1. The Morgan fingerprint density at radius 3 is 2.35 bits per heavy atom. The highest BCUT2D eigenvalue weighted by Gasteiger charge is 2.30. The fraction of sp³-hybridized carbons (Fsp3) is 0.267. The van der Waals surface area contributed by atoms with Crippen molar-refractivity contribution in [3.63, 3.8) is 0 Å². The number of nitrogens with one attached hydrogen (secondary N) is 1. The molecule has 0 amide bonds. The van der Waals surface area contributed by atoms with Crippen molar-refractivity contribution >= 4 is 17.4 Å². The first-order chi connectivity index (χ1) is 10.9. The van der Waals surface area contributed by atoms with Gasteiger partial charge in [-0.1, -0.05) is 11.8 Å². The zero-order valence-corrected chi connectivity index (χ0v) is 12.7. The molecule has 0 bridgehead atoms. The molecule has 1 aromatic carbocycles. The topological polar surface area (TPSA) is 65.4 Å². The predicted octanol–water partition coefficient (Wildman–Crippen LogP) is 3.02. The number of hydrogen-bond donors (Lipinski definition) is 3. The summed E-state index contributed by atoms with van der Waals surface area (Å²) in [6.45, 7) is -0.0933. The van der Waals surface area contributed by atoms with Crippen molar-refractivity contribution in [3.05, 3.63) is 48.2 Å². The second kappa shape index (κ2) is 7.67. The fourth-order valence-electron chi connectivity index (χ4n) is 1.67. The molecule has 0 saturated carbocycles. The Labute approximate surface area is 135 Å². The molecule has 0 aliphatic rings. The number of hydrogen-bond acceptors (Lipinski definition) is 5. The van der Waals surface area contributed by atoms with Gasteiger partial charge in [0.05, 0.1) is 18.3 Å². The van der Waals surface area contributed by atoms with Gasteiger partial charge in [-0.3, -0.25) is 0 Å². The van der Waals surface area contributed by atoms with Crippen molar-refractivity contribution in [3.8, 4) is 0 Å². The second-order valence-electron chi connectivity index (χ2n) is 4.73. The summed E-state index contributed by atoms with van der Waals surface area (Å²) in [6, 6.07) is 9.46. The van der Waals surface area contributed by atoms with Gasteiger partial charge in [-0.2, -0.15) is 13.2 Å². The Morgan fingerprint density at radius 1 is 1.13 bits per heavy atom. The number of aliphatic hydroxyl groups excluding tert-OH is 2. The van der Waals surface area contributed by atoms with Crippen LogP contribution in [0.4, 0.5) is 18.9 Å². The first kappa shape index (κ1) is 17.6. The van der Waals surface area contributed by atoms with E-state index in [1.54, 1.807) is 24.3 Å². The van der Waals surface area contributed by atoms with E-state index in [1.807, 2.05) is 0 Å². The Kier molecular flexibility index (Phi) is 5.86. The van der Waals surface area contributed by atoms with Crippen LogP contribution in [0.3, 0.4) is 0 Å². The van der Waals surface area contributed by atoms with E-state index in [4.69, 9.17) is 5.11 Å². The van der Waals surface area contributed by atoms with Gasteiger partial charge in [-0.25, -0.2) is 4.98 Å². The van der Waals surface area contributed by atoms with Crippen LogP contribution >= 0.6 is 11.8 Å². The number of alkyl halides is 3. The molecule has 2 aromatic rings. The smallest absolute Gasteiger partial charge is 0.394 e. The summed E-state index contributed by atoms with van der Waals surface area (Å²) in [5.74, 6) is 0. The molecule has 124 valence electrons. The van der Waals surface area contributed by atoms with Gasteiger partial charge in [-0.05, 0) is 36.4 Å². The molecule has 8 heteroatoms. The molecule has 0 saturated heterocycles. The van der Waals surface area contributed by atoms with Crippen molar-refractivity contribution in [2.24, 2.45) is 0 Å². The molecule has 1 heterocycles. The minimum Gasteiger partial charge on any atom is -0.394 e. The van der Waals surface area contributed by atoms with Gasteiger partial charge in [0.2, 0.25) is 0 Å². The number of anilines is 1. The third-order valence-corrected chi connectivity index (χ3v) is 3.85. The first-order valence-corrected chi connectivity index (χ1v) is 7.54. The van der Waals surface area contributed by atoms with Crippen molar-refractivity contribution in [1.82, 2.24) is 4.98 Å². The van der Waals surface area contributed by atoms with Gasteiger partial charge in [0.1, 0.15) is 5.03 Å². The summed E-state index contributed by atoms with van der Waals surface area (Å²) in [4.78, 5) is 4.62. The van der Waals surface area contributed by atoms with Gasteiger partial charge >= 0.3 is 6.18 Å². The monoisotopic (exact) mass is 344 g/mol. The summed E-state index contributed by atoms with van der Waals surface area (Å²) in [5, 5.41) is 21.4. The highest BCUT2D eigenvalue weighted by molar-refractivity contribution is 7.99. The highest BCUT2D eigenvalue weighted by atomic mass is 32.2. The van der Waals surface area contributed by atoms with Gasteiger partial charge < -0.3 is 15.5 Å². The summed E-state index contributed by atoms with van der Waals surface area (Å²) in [6.07, 6.45) is -4.41. The average molecular weight is 344 g/mol. The largest absolute Gasteiger partial charge is 0.417 e. The summed E-state index contributed by atoms with van der Waals surface area (Å²) in [7, 11) is 0. The number of aromatic nitrogens is 1. The van der Waals surface area contributed by atoms with Crippen molar-refractivity contribution in [2.75, 3.05) is 18.5 Å². The predicted molar refractivity (Wildman–Crippen MR) is 81.4 cm³/mol. The lowest BCUT2D eigenvalue weighted by molar-refractivity contribution is -0.137. The minimum atomic E-state index is -4.39. The van der Waals surface area contributed by atoms with Crippen LogP contribution in [0.2, 0.25) is 0 Å². The van der Waals surface area contributed by atoms with Crippen LogP contribution in [0.15, 0.2) is 52.5 Å². The van der Waals surface area contributed by atoms with Gasteiger partial charge in [0.15, 0.2) is 0 Å². The molecule has 0 fully saturated rings. The van der Waals surface area contributed by atoms with E-state index in [1.165, 1.54) is 17.8 Å². The van der Waals surface area contributed by atoms with Crippen molar-refractivity contribution < 1.29 is 23.4 Å². The lowest BCUT2D eigenvalue weighted by atomic mass is 10.3. The maximum atomic E-state index is 12.5. The Hall–Kier alpha value is -1.77. The molecule has 23 heavy (non-hydrogen) atoms. The number of aliphatic hydroxyl groups is 2. The Balaban J connectivity index is 1.95. The Morgan fingerprint density at radius 2 is 1.83 bits per heavy atom. The molecule has 0 radical (unpaired) electrons. The first-order valence-electron chi connectivity index (χ1n) is 6.72. The molecule has 4 nitrogen and oxygen atoms in total. The standard InChI is InChI=1S/C15H15F3N2O2S/c16-15(17,18)10-1-6-14(20-7-10)23-13-4-2-11(3-5-13)19-8-12(22)9-21/h1-7,12,19,21-22H,8-9H2. The van der Waals surface area contributed by atoms with Crippen LogP contribution in [0, 0.1) is 0 Å². The number of rotatable bonds is 6. The lowest BCUT2D eigenvalue weighted by Crippen LogP contribution is -2.22. The van der Waals surface area contributed by atoms with Gasteiger partial charge in [0, 0.05) is 23.3 Å². The second-order valence-corrected chi connectivity index (χ2v) is 5.82. The molecule has 0 aliphatic heterocycles. The molecule has 2 rings (SSSR count). The molecular formula is C15H15F3N2O2S. The quantitative estimate of drug-likeness (QED) is 0.752. The molecular weight excluding hydrogens is 329 g/mol. The highest BCUT2D eigenvalue weighted by Crippen LogP contribution is 2.31. The number of halogens is 3. The summed E-state index contributed by atoms with van der Waals surface area (Å²) >= 11 is 1.25. The minimum absolute atomic E-state index is 0.226. The van der Waals surface area contributed by atoms with E-state index in [2.05, 4.69) is 10.3 Å². The maximum Gasteiger partial charge on any atom is 0.417 e. The molecule has 1 atom stereocenters. The third-order valence-electron chi connectivity index (χ3n) is 2.89. The van der Waals surface area contributed by atoms with E-state index in [-0.39, 0.29) is 13.2 Å². The van der Waals surface area contributed by atoms with Gasteiger partial charge in [-0.15, -0.1) is 0 Å². The third kappa shape index (κ3) is 5.42. The van der Waals surface area contributed by atoms with E-state index < -0.39 is 17.8 Å². The van der Waals surface area contributed by atoms with E-state index >= 15 is 0 Å². The van der Waals surface area contributed by atoms with E-state index in [0.717, 1.165) is 22.8 Å². The zero-order valence-electron chi connectivity index (χ0n) is 11.9. The average Bonchev–Trinajstić information content (AvgIpc) is 2.53. The van der Waals surface area contributed by atoms with Crippen LogP contribution < -0.4 is 5.32 Å². The molecule has 0 aliphatic carbocycles. The van der Waals surface area contributed by atoms with Crippen molar-refractivity contribution in [1.29, 1.82) is 0 Å². The maximum absolute atomic E-state index is 12.5. The van der Waals surface area contributed by atoms with Crippen LogP contribution in [0.5, 0.6) is 0 Å². The summed E-state index contributed by atoms with van der Waals surface area (Å²) in [5.41, 5.74) is -0.00827. The molecule has 0 spiro atoms. The lowest BCUT2D eigenvalue weighted by Gasteiger charge is -2.10. The molecule has 3 N–H and O–H groups in total. The SMILES string of the molecule is OCC(O)CNc1ccc(Sc2ccc(C(F)(F)F)cn2)cc1. The van der Waals surface area contributed by atoms with Gasteiger partial charge in [0.25, 0.3) is 0 Å². The number of benzene rings is 1. The van der Waals surface area contributed by atoms with Crippen LogP contribution in [-0.4, -0.2) is 34.5 Å². The Bertz CT molecular complexity index is 618. The van der Waals surface area contributed by atoms with E-state index in [0.29, 0.717) is 5.03 Å². The van der Waals surface area contributed by atoms with Crippen LogP contribution in [-0.2, 0) is 6.18 Å². The molecule has 1 unspecified atom stereocenters. The summed E-state index contributed by atoms with van der Waals surface area (Å²) < 4.78 is 37.4. The number of pyridine rings is 1. The molecule has 1 aromatic heterocycles. The van der Waals surface area contributed by atoms with Crippen molar-refractivity contribution in [2.45, 2.75) is 22.2 Å². The van der Waals surface area contributed by atoms with E-state index in [9.17, 15) is 18.3 Å². The zero-order chi connectivity index (χ0) is 16.9.